The Morgan fingerprint density at radius 1 is 1.00 bits per heavy atom. The van der Waals surface area contributed by atoms with Crippen molar-refractivity contribution >= 4 is 34.2 Å². The molecule has 0 unspecified atom stereocenters. The van der Waals surface area contributed by atoms with E-state index in [0.29, 0.717) is 22.0 Å². The van der Waals surface area contributed by atoms with Crippen LogP contribution in [0.15, 0.2) is 75.9 Å². The van der Waals surface area contributed by atoms with Crippen molar-refractivity contribution in [3.63, 3.8) is 0 Å². The van der Waals surface area contributed by atoms with E-state index in [4.69, 9.17) is 20.8 Å². The van der Waals surface area contributed by atoms with Gasteiger partial charge in [-0.05, 0) is 60.2 Å². The molecule has 6 heteroatoms. The fraction of sp³-hybridized carbons (Fsp3) is 0.267. The van der Waals surface area contributed by atoms with Crippen LogP contribution in [0.3, 0.4) is 0 Å². The van der Waals surface area contributed by atoms with Gasteiger partial charge >= 0.3 is 5.63 Å². The largest absolute Gasteiger partial charge is 0.483 e. The van der Waals surface area contributed by atoms with Crippen LogP contribution in [0.4, 0.5) is 5.69 Å². The van der Waals surface area contributed by atoms with E-state index in [2.05, 4.69) is 12.2 Å². The lowest BCUT2D eigenvalue weighted by Crippen LogP contribution is -2.20. The Hall–Kier alpha value is -3.57. The first kappa shape index (κ1) is 25.5. The van der Waals surface area contributed by atoms with Crippen LogP contribution in [-0.4, -0.2) is 12.5 Å². The summed E-state index contributed by atoms with van der Waals surface area (Å²) in [7, 11) is 0. The molecule has 0 aliphatic heterocycles. The van der Waals surface area contributed by atoms with Gasteiger partial charge < -0.3 is 14.5 Å². The molecule has 0 saturated carbocycles. The standard InChI is InChI=1S/C30H30ClNO4/c1-3-4-5-7-12-22-15-25-24(21-10-8-6-9-11-21)17-30(34)36-28(25)18-27(22)35-19-29(33)32-23-14-13-20(2)26(31)16-23/h6,8-11,13-18H,3-5,7,12,19H2,1-2H3,(H,32,33). The topological polar surface area (TPSA) is 68.5 Å². The highest BCUT2D eigenvalue weighted by atomic mass is 35.5. The van der Waals surface area contributed by atoms with Crippen LogP contribution in [0.25, 0.3) is 22.1 Å². The van der Waals surface area contributed by atoms with E-state index < -0.39 is 5.63 Å². The van der Waals surface area contributed by atoms with E-state index in [1.807, 2.05) is 49.4 Å². The van der Waals surface area contributed by atoms with Crippen molar-refractivity contribution in [3.8, 4) is 16.9 Å². The summed E-state index contributed by atoms with van der Waals surface area (Å²) in [5.41, 5.74) is 4.28. The van der Waals surface area contributed by atoms with Crippen molar-refractivity contribution in [1.29, 1.82) is 0 Å². The third kappa shape index (κ3) is 6.35. The molecule has 4 rings (SSSR count). The van der Waals surface area contributed by atoms with E-state index in [0.717, 1.165) is 59.7 Å². The second-order valence-corrected chi connectivity index (χ2v) is 9.32. The fourth-order valence-corrected chi connectivity index (χ4v) is 4.35. The normalized spacial score (nSPS) is 11.0. The molecule has 36 heavy (non-hydrogen) atoms. The minimum absolute atomic E-state index is 0.179. The maximum atomic E-state index is 12.6. The smallest absolute Gasteiger partial charge is 0.336 e. The molecular formula is C30H30ClNO4. The molecule has 4 aromatic rings. The number of unbranched alkanes of at least 4 members (excludes halogenated alkanes) is 3. The van der Waals surface area contributed by atoms with E-state index in [9.17, 15) is 9.59 Å². The Balaban J connectivity index is 1.62. The van der Waals surface area contributed by atoms with Gasteiger partial charge in [0.05, 0.1) is 0 Å². The number of fused-ring (bicyclic) bond motifs is 1. The Bertz CT molecular complexity index is 1410. The molecule has 0 bridgehead atoms. The zero-order valence-electron chi connectivity index (χ0n) is 20.6. The maximum absolute atomic E-state index is 12.6. The van der Waals surface area contributed by atoms with Crippen molar-refractivity contribution in [3.05, 3.63) is 93.3 Å². The summed E-state index contributed by atoms with van der Waals surface area (Å²) in [6, 6.07) is 20.4. The van der Waals surface area contributed by atoms with Gasteiger partial charge in [0.15, 0.2) is 6.61 Å². The molecule has 0 radical (unpaired) electrons. The predicted octanol–water partition coefficient (Wildman–Crippen LogP) is 7.56. The number of aryl methyl sites for hydroxylation is 2. The molecule has 0 aliphatic carbocycles. The number of anilines is 1. The van der Waals surface area contributed by atoms with Crippen molar-refractivity contribution in [2.75, 3.05) is 11.9 Å². The zero-order chi connectivity index (χ0) is 25.5. The second-order valence-electron chi connectivity index (χ2n) is 8.91. The Morgan fingerprint density at radius 3 is 2.56 bits per heavy atom. The van der Waals surface area contributed by atoms with E-state index in [1.165, 1.54) is 6.07 Å². The molecule has 0 aliphatic rings. The first-order valence-corrected chi connectivity index (χ1v) is 12.7. The molecule has 0 atom stereocenters. The van der Waals surface area contributed by atoms with Gasteiger partial charge in [-0.2, -0.15) is 0 Å². The minimum Gasteiger partial charge on any atom is -0.483 e. The maximum Gasteiger partial charge on any atom is 0.336 e. The number of halogens is 1. The van der Waals surface area contributed by atoms with Crippen LogP contribution < -0.4 is 15.7 Å². The summed E-state index contributed by atoms with van der Waals surface area (Å²) < 4.78 is 11.5. The van der Waals surface area contributed by atoms with E-state index in [-0.39, 0.29) is 12.5 Å². The van der Waals surface area contributed by atoms with Crippen molar-refractivity contribution < 1.29 is 13.9 Å². The lowest BCUT2D eigenvalue weighted by molar-refractivity contribution is -0.118. The lowest BCUT2D eigenvalue weighted by atomic mass is 9.98. The molecule has 186 valence electrons. The van der Waals surface area contributed by atoms with Gasteiger partial charge in [-0.1, -0.05) is 74.2 Å². The summed E-state index contributed by atoms with van der Waals surface area (Å²) in [5, 5.41) is 4.24. The van der Waals surface area contributed by atoms with Crippen molar-refractivity contribution in [1.82, 2.24) is 0 Å². The van der Waals surface area contributed by atoms with Gasteiger partial charge in [-0.15, -0.1) is 0 Å². The Kier molecular flexibility index (Phi) is 8.44. The van der Waals surface area contributed by atoms with Gasteiger partial charge in [-0.3, -0.25) is 4.79 Å². The van der Waals surface area contributed by atoms with Crippen LogP contribution >= 0.6 is 11.6 Å². The van der Waals surface area contributed by atoms with E-state index in [1.54, 1.807) is 18.2 Å². The molecule has 1 N–H and O–H groups in total. The SMILES string of the molecule is CCCCCCc1cc2c(-c3ccccc3)cc(=O)oc2cc1OCC(=O)Nc1ccc(C)c(Cl)c1. The first-order valence-electron chi connectivity index (χ1n) is 12.3. The van der Waals surface area contributed by atoms with Crippen LogP contribution in [0.5, 0.6) is 5.75 Å². The molecule has 3 aromatic carbocycles. The number of carbonyl (C=O) groups is 1. The Labute approximate surface area is 216 Å². The zero-order valence-corrected chi connectivity index (χ0v) is 21.4. The quantitative estimate of drug-likeness (QED) is 0.179. The molecule has 1 amide bonds. The average molecular weight is 504 g/mol. The molecule has 0 saturated heterocycles. The minimum atomic E-state index is -0.433. The number of benzene rings is 3. The molecule has 1 aromatic heterocycles. The molecule has 0 fully saturated rings. The molecule has 1 heterocycles. The summed E-state index contributed by atoms with van der Waals surface area (Å²) in [6.07, 6.45) is 5.22. The van der Waals surface area contributed by atoms with E-state index >= 15 is 0 Å². The number of hydrogen-bond donors (Lipinski definition) is 1. The molecule has 0 spiro atoms. The summed E-state index contributed by atoms with van der Waals surface area (Å²) in [5.74, 6) is 0.246. The fourth-order valence-electron chi connectivity index (χ4n) is 4.17. The van der Waals surface area contributed by atoms with Gasteiger partial charge in [0.1, 0.15) is 11.3 Å². The lowest BCUT2D eigenvalue weighted by Gasteiger charge is -2.15. The Morgan fingerprint density at radius 2 is 1.81 bits per heavy atom. The molecule has 5 nitrogen and oxygen atoms in total. The van der Waals surface area contributed by atoms with Crippen molar-refractivity contribution in [2.24, 2.45) is 0 Å². The second kappa shape index (κ2) is 11.9. The van der Waals surface area contributed by atoms with Gasteiger partial charge in [0.25, 0.3) is 5.91 Å². The summed E-state index contributed by atoms with van der Waals surface area (Å²) in [6.45, 7) is 3.90. The number of ether oxygens (including phenoxy) is 1. The van der Waals surface area contributed by atoms with Crippen LogP contribution in [0.2, 0.25) is 5.02 Å². The summed E-state index contributed by atoms with van der Waals surface area (Å²) in [4.78, 5) is 25.0. The van der Waals surface area contributed by atoms with Gasteiger partial charge in [0, 0.05) is 28.2 Å². The highest BCUT2D eigenvalue weighted by molar-refractivity contribution is 6.31. The third-order valence-corrected chi connectivity index (χ3v) is 6.53. The summed E-state index contributed by atoms with van der Waals surface area (Å²) >= 11 is 6.17. The average Bonchev–Trinajstić information content (AvgIpc) is 2.87. The predicted molar refractivity (Wildman–Crippen MR) is 146 cm³/mol. The number of amides is 1. The number of carbonyl (C=O) groups excluding carboxylic acids is 1. The highest BCUT2D eigenvalue weighted by Crippen LogP contribution is 2.33. The number of rotatable bonds is 10. The van der Waals surface area contributed by atoms with Crippen LogP contribution in [0, 0.1) is 6.92 Å². The van der Waals surface area contributed by atoms with Crippen LogP contribution in [-0.2, 0) is 11.2 Å². The van der Waals surface area contributed by atoms with Crippen LogP contribution in [0.1, 0.15) is 43.7 Å². The molecular weight excluding hydrogens is 474 g/mol. The van der Waals surface area contributed by atoms with Crippen molar-refractivity contribution in [2.45, 2.75) is 46.0 Å². The third-order valence-electron chi connectivity index (χ3n) is 6.12. The highest BCUT2D eigenvalue weighted by Gasteiger charge is 2.15. The number of nitrogens with one attached hydrogen (secondary N) is 1. The monoisotopic (exact) mass is 503 g/mol. The first-order chi connectivity index (χ1) is 17.4. The van der Waals surface area contributed by atoms with Gasteiger partial charge in [0.2, 0.25) is 0 Å². The van der Waals surface area contributed by atoms with Gasteiger partial charge in [-0.25, -0.2) is 4.79 Å². The number of hydrogen-bond acceptors (Lipinski definition) is 4.